The minimum absolute atomic E-state index is 0.162. The van der Waals surface area contributed by atoms with E-state index < -0.39 is 9.84 Å². The van der Waals surface area contributed by atoms with E-state index in [1.807, 2.05) is 13.8 Å². The van der Waals surface area contributed by atoms with Crippen LogP contribution in [0.4, 0.5) is 0 Å². The van der Waals surface area contributed by atoms with E-state index in [1.165, 1.54) is 0 Å². The third-order valence-electron chi connectivity index (χ3n) is 5.41. The Kier molecular flexibility index (Phi) is 3.81. The van der Waals surface area contributed by atoms with E-state index in [1.54, 1.807) is 0 Å². The molecule has 3 nitrogen and oxygen atoms in total. The van der Waals surface area contributed by atoms with Gasteiger partial charge < -0.3 is 5.32 Å². The Morgan fingerprint density at radius 3 is 2.47 bits per heavy atom. The summed E-state index contributed by atoms with van der Waals surface area (Å²) in [6, 6.07) is 0.164. The number of nitrogens with one attached hydrogen (secondary N) is 1. The van der Waals surface area contributed by atoms with Crippen molar-refractivity contribution in [2.75, 3.05) is 5.75 Å². The number of hydrogen-bond acceptors (Lipinski definition) is 3. The first-order chi connectivity index (χ1) is 8.57. The maximum atomic E-state index is 12.6. The van der Waals surface area contributed by atoms with Crippen molar-refractivity contribution in [2.45, 2.75) is 77.1 Å². The van der Waals surface area contributed by atoms with E-state index in [2.05, 4.69) is 26.1 Å². The molecular weight excluding hydrogens is 258 g/mol. The van der Waals surface area contributed by atoms with Gasteiger partial charge in [0.2, 0.25) is 0 Å². The van der Waals surface area contributed by atoms with Crippen LogP contribution >= 0.6 is 0 Å². The molecule has 0 aromatic rings. The van der Waals surface area contributed by atoms with Gasteiger partial charge in [0.05, 0.1) is 11.0 Å². The fourth-order valence-electron chi connectivity index (χ4n) is 3.84. The molecule has 1 saturated carbocycles. The summed E-state index contributed by atoms with van der Waals surface area (Å²) in [4.78, 5) is 0. The van der Waals surface area contributed by atoms with E-state index in [0.29, 0.717) is 5.92 Å². The van der Waals surface area contributed by atoms with Crippen molar-refractivity contribution < 1.29 is 8.42 Å². The average Bonchev–Trinajstić information content (AvgIpc) is 2.25. The quantitative estimate of drug-likeness (QED) is 0.849. The number of sulfone groups is 1. The van der Waals surface area contributed by atoms with Gasteiger partial charge in [-0.05, 0) is 44.4 Å². The maximum absolute atomic E-state index is 12.6. The second kappa shape index (κ2) is 4.73. The van der Waals surface area contributed by atoms with Gasteiger partial charge in [0.15, 0.2) is 9.84 Å². The fraction of sp³-hybridized carbons (Fsp3) is 1.00. The summed E-state index contributed by atoms with van der Waals surface area (Å²) in [6.07, 6.45) is 4.12. The molecule has 112 valence electrons. The zero-order chi connectivity index (χ0) is 14.5. The highest BCUT2D eigenvalue weighted by Gasteiger charge is 2.48. The van der Waals surface area contributed by atoms with Crippen LogP contribution in [0.2, 0.25) is 0 Å². The molecule has 3 atom stereocenters. The van der Waals surface area contributed by atoms with Crippen LogP contribution in [0.3, 0.4) is 0 Å². The third kappa shape index (κ3) is 2.99. The standard InChI is InChI=1S/C15H29NO2S/c1-6-14(2,3)11-7-8-12-13(9-11)19(17,18)10-15(4,5)16-12/h11-13,16H,6-10H2,1-5H3. The van der Waals surface area contributed by atoms with Crippen molar-refractivity contribution in [1.29, 1.82) is 0 Å². The van der Waals surface area contributed by atoms with E-state index in [-0.39, 0.29) is 28.0 Å². The SMILES string of the molecule is CCC(C)(C)C1CCC2NC(C)(C)CS(=O)(=O)C2C1. The molecular formula is C15H29NO2S. The Bertz CT molecular complexity index is 439. The lowest BCUT2D eigenvalue weighted by molar-refractivity contribution is 0.127. The lowest BCUT2D eigenvalue weighted by Gasteiger charge is -2.48. The van der Waals surface area contributed by atoms with Gasteiger partial charge in [-0.25, -0.2) is 8.42 Å². The molecule has 1 heterocycles. The molecule has 4 heteroatoms. The molecule has 0 spiro atoms. The van der Waals surface area contributed by atoms with Crippen molar-refractivity contribution in [3.8, 4) is 0 Å². The van der Waals surface area contributed by atoms with E-state index in [4.69, 9.17) is 0 Å². The molecule has 2 rings (SSSR count). The summed E-state index contributed by atoms with van der Waals surface area (Å²) in [5, 5.41) is 3.40. The molecule has 1 saturated heterocycles. The normalized spacial score (nSPS) is 37.6. The summed E-state index contributed by atoms with van der Waals surface area (Å²) in [5.41, 5.74) is -0.0133. The van der Waals surface area contributed by atoms with Crippen LogP contribution in [0.1, 0.15) is 60.3 Å². The third-order valence-corrected chi connectivity index (χ3v) is 7.98. The van der Waals surface area contributed by atoms with Crippen LogP contribution in [-0.2, 0) is 9.84 Å². The second-order valence-electron chi connectivity index (χ2n) is 7.83. The van der Waals surface area contributed by atoms with Crippen LogP contribution in [0, 0.1) is 11.3 Å². The maximum Gasteiger partial charge on any atom is 0.156 e. The van der Waals surface area contributed by atoms with Crippen molar-refractivity contribution in [1.82, 2.24) is 5.32 Å². The van der Waals surface area contributed by atoms with Gasteiger partial charge in [-0.3, -0.25) is 0 Å². The fourth-order valence-corrected chi connectivity index (χ4v) is 6.38. The zero-order valence-electron chi connectivity index (χ0n) is 13.0. The topological polar surface area (TPSA) is 46.2 Å². The van der Waals surface area contributed by atoms with Gasteiger partial charge in [-0.15, -0.1) is 0 Å². The lowest BCUT2D eigenvalue weighted by Crippen LogP contribution is -2.64. The molecule has 0 radical (unpaired) electrons. The summed E-state index contributed by atoms with van der Waals surface area (Å²) in [7, 11) is -2.96. The monoisotopic (exact) mass is 287 g/mol. The zero-order valence-corrected chi connectivity index (χ0v) is 13.8. The van der Waals surface area contributed by atoms with Crippen LogP contribution in [0.5, 0.6) is 0 Å². The van der Waals surface area contributed by atoms with Crippen LogP contribution < -0.4 is 5.32 Å². The summed E-state index contributed by atoms with van der Waals surface area (Å²) >= 11 is 0. The van der Waals surface area contributed by atoms with E-state index in [9.17, 15) is 8.42 Å². The number of hydrogen-bond donors (Lipinski definition) is 1. The van der Waals surface area contributed by atoms with Crippen LogP contribution in [0.15, 0.2) is 0 Å². The van der Waals surface area contributed by atoms with E-state index >= 15 is 0 Å². The Hall–Kier alpha value is -0.0900. The summed E-state index contributed by atoms with van der Waals surface area (Å²) < 4.78 is 25.1. The van der Waals surface area contributed by atoms with Crippen molar-refractivity contribution in [3.05, 3.63) is 0 Å². The van der Waals surface area contributed by atoms with Crippen LogP contribution in [0.25, 0.3) is 0 Å². The van der Waals surface area contributed by atoms with Gasteiger partial charge in [0.1, 0.15) is 0 Å². The highest BCUT2D eigenvalue weighted by molar-refractivity contribution is 7.92. The Morgan fingerprint density at radius 1 is 1.26 bits per heavy atom. The molecule has 0 amide bonds. The van der Waals surface area contributed by atoms with E-state index in [0.717, 1.165) is 25.7 Å². The molecule has 2 aliphatic rings. The highest BCUT2D eigenvalue weighted by atomic mass is 32.2. The predicted molar refractivity (Wildman–Crippen MR) is 80.0 cm³/mol. The summed E-state index contributed by atoms with van der Waals surface area (Å²) in [5.74, 6) is 0.817. The van der Waals surface area contributed by atoms with Gasteiger partial charge >= 0.3 is 0 Å². The van der Waals surface area contributed by atoms with Gasteiger partial charge in [-0.2, -0.15) is 0 Å². The molecule has 19 heavy (non-hydrogen) atoms. The van der Waals surface area contributed by atoms with Crippen molar-refractivity contribution >= 4 is 9.84 Å². The minimum Gasteiger partial charge on any atom is -0.307 e. The molecule has 0 aromatic heterocycles. The van der Waals surface area contributed by atoms with Gasteiger partial charge in [0.25, 0.3) is 0 Å². The molecule has 2 fully saturated rings. The minimum atomic E-state index is -2.96. The molecule has 0 aromatic carbocycles. The first-order valence-electron chi connectivity index (χ1n) is 7.57. The second-order valence-corrected chi connectivity index (χ2v) is 10.1. The smallest absolute Gasteiger partial charge is 0.156 e. The molecule has 1 N–H and O–H groups in total. The Balaban J connectivity index is 2.21. The first-order valence-corrected chi connectivity index (χ1v) is 9.28. The molecule has 1 aliphatic carbocycles. The predicted octanol–water partition coefficient (Wildman–Crippen LogP) is 2.76. The van der Waals surface area contributed by atoms with Gasteiger partial charge in [-0.1, -0.05) is 27.2 Å². The Labute approximate surface area is 118 Å². The van der Waals surface area contributed by atoms with Crippen LogP contribution in [-0.4, -0.2) is 31.0 Å². The summed E-state index contributed by atoms with van der Waals surface area (Å²) in [6.45, 7) is 10.8. The highest BCUT2D eigenvalue weighted by Crippen LogP contribution is 2.44. The molecule has 0 bridgehead atoms. The largest absolute Gasteiger partial charge is 0.307 e. The molecule has 1 aliphatic heterocycles. The van der Waals surface area contributed by atoms with Gasteiger partial charge in [0, 0.05) is 11.6 Å². The average molecular weight is 287 g/mol. The number of fused-ring (bicyclic) bond motifs is 1. The first kappa shape index (κ1) is 15.3. The Morgan fingerprint density at radius 2 is 1.89 bits per heavy atom. The van der Waals surface area contributed by atoms with Crippen molar-refractivity contribution in [2.24, 2.45) is 11.3 Å². The lowest BCUT2D eigenvalue weighted by atomic mass is 9.68. The number of rotatable bonds is 2. The van der Waals surface area contributed by atoms with Crippen molar-refractivity contribution in [3.63, 3.8) is 0 Å². The molecule has 3 unspecified atom stereocenters.